The number of nitrogen functional groups attached to an aromatic ring is 1. The molecule has 0 saturated carbocycles. The number of methoxy groups -OCH3 is 1. The van der Waals surface area contributed by atoms with Gasteiger partial charge in [-0.3, -0.25) is 0 Å². The van der Waals surface area contributed by atoms with Gasteiger partial charge in [0.1, 0.15) is 18.1 Å². The fraction of sp³-hybridized carbons (Fsp3) is 0.375. The van der Waals surface area contributed by atoms with Gasteiger partial charge in [0.05, 0.1) is 6.61 Å². The maximum absolute atomic E-state index is 6.07. The average molecular weight is 302 g/mol. The third-order valence-electron chi connectivity index (χ3n) is 3.13. The Kier molecular flexibility index (Phi) is 5.55. The summed E-state index contributed by atoms with van der Waals surface area (Å²) in [6.45, 7) is 5.38. The van der Waals surface area contributed by atoms with Crippen molar-refractivity contribution in [2.75, 3.05) is 31.4 Å². The van der Waals surface area contributed by atoms with Crippen LogP contribution in [0.4, 0.5) is 11.5 Å². The highest BCUT2D eigenvalue weighted by Crippen LogP contribution is 2.26. The van der Waals surface area contributed by atoms with Crippen molar-refractivity contribution >= 4 is 11.5 Å². The zero-order valence-electron chi connectivity index (χ0n) is 13.2. The molecule has 0 aliphatic carbocycles. The van der Waals surface area contributed by atoms with Gasteiger partial charge >= 0.3 is 0 Å². The van der Waals surface area contributed by atoms with E-state index in [1.54, 1.807) is 14.0 Å². The Hall–Kier alpha value is -2.34. The molecule has 2 rings (SSSR count). The van der Waals surface area contributed by atoms with Crippen molar-refractivity contribution in [1.82, 2.24) is 9.97 Å². The molecule has 0 aliphatic heterocycles. The molecule has 0 fully saturated rings. The van der Waals surface area contributed by atoms with E-state index in [2.05, 4.69) is 46.5 Å². The molecular weight excluding hydrogens is 280 g/mol. The van der Waals surface area contributed by atoms with E-state index in [0.29, 0.717) is 43.0 Å². The molecule has 0 radical (unpaired) electrons. The second kappa shape index (κ2) is 7.61. The Morgan fingerprint density at radius 3 is 2.50 bits per heavy atom. The number of aromatic nitrogens is 2. The number of anilines is 2. The lowest BCUT2D eigenvalue weighted by Crippen LogP contribution is -2.12. The molecule has 3 N–H and O–H groups in total. The molecule has 2 aromatic rings. The van der Waals surface area contributed by atoms with E-state index in [4.69, 9.17) is 15.2 Å². The van der Waals surface area contributed by atoms with Crippen LogP contribution in [0.15, 0.2) is 24.3 Å². The molecule has 22 heavy (non-hydrogen) atoms. The Balaban J connectivity index is 2.07. The number of nitrogens with one attached hydrogen (secondary N) is 1. The second-order valence-electron chi connectivity index (χ2n) is 5.02. The monoisotopic (exact) mass is 302 g/mol. The molecule has 0 spiro atoms. The zero-order chi connectivity index (χ0) is 15.9. The van der Waals surface area contributed by atoms with Crippen LogP contribution in [0, 0.1) is 13.8 Å². The molecule has 0 saturated heterocycles. The minimum Gasteiger partial charge on any atom is -0.474 e. The van der Waals surface area contributed by atoms with Crippen molar-refractivity contribution in [2.24, 2.45) is 0 Å². The summed E-state index contributed by atoms with van der Waals surface area (Å²) in [7, 11) is 1.62. The third kappa shape index (κ3) is 4.33. The van der Waals surface area contributed by atoms with Gasteiger partial charge in [0.25, 0.3) is 0 Å². The van der Waals surface area contributed by atoms with Crippen LogP contribution in [0.5, 0.6) is 5.88 Å². The molecule has 0 unspecified atom stereocenters. The minimum atomic E-state index is 0.385. The van der Waals surface area contributed by atoms with E-state index in [-0.39, 0.29) is 0 Å². The lowest BCUT2D eigenvalue weighted by atomic mass is 10.1. The van der Waals surface area contributed by atoms with Gasteiger partial charge in [-0.05, 0) is 19.4 Å². The fourth-order valence-corrected chi connectivity index (χ4v) is 1.91. The molecule has 6 nitrogen and oxygen atoms in total. The van der Waals surface area contributed by atoms with E-state index in [1.807, 2.05) is 0 Å². The molecular formula is C16H22N4O2. The number of nitrogens with zero attached hydrogens (tertiary/aromatic N) is 2. The van der Waals surface area contributed by atoms with Gasteiger partial charge in [-0.25, -0.2) is 4.98 Å². The Bertz CT molecular complexity index is 614. The lowest BCUT2D eigenvalue weighted by molar-refractivity contribution is 0.144. The summed E-state index contributed by atoms with van der Waals surface area (Å²) in [5.41, 5.74) is 8.87. The summed E-state index contributed by atoms with van der Waals surface area (Å²) in [6.07, 6.45) is 0. The largest absolute Gasteiger partial charge is 0.474 e. The highest BCUT2D eigenvalue weighted by Gasteiger charge is 2.11. The normalized spacial score (nSPS) is 10.5. The van der Waals surface area contributed by atoms with Gasteiger partial charge in [-0.1, -0.05) is 29.8 Å². The van der Waals surface area contributed by atoms with Crippen LogP contribution in [0.25, 0.3) is 0 Å². The van der Waals surface area contributed by atoms with Crippen molar-refractivity contribution < 1.29 is 9.47 Å². The first-order chi connectivity index (χ1) is 10.6. The summed E-state index contributed by atoms with van der Waals surface area (Å²) in [5.74, 6) is 1.57. The highest BCUT2D eigenvalue weighted by molar-refractivity contribution is 5.67. The highest BCUT2D eigenvalue weighted by atomic mass is 16.5. The summed E-state index contributed by atoms with van der Waals surface area (Å²) in [6, 6.07) is 8.29. The predicted octanol–water partition coefficient (Wildman–Crippen LogP) is 2.31. The first kappa shape index (κ1) is 16.0. The minimum absolute atomic E-state index is 0.385. The predicted molar refractivity (Wildman–Crippen MR) is 87.1 cm³/mol. The SMILES string of the molecule is COCCOc1nc(C)nc(NCc2ccc(C)cc2)c1N. The van der Waals surface area contributed by atoms with Crippen molar-refractivity contribution in [2.45, 2.75) is 20.4 Å². The van der Waals surface area contributed by atoms with Gasteiger partial charge in [-0.2, -0.15) is 4.98 Å². The molecule has 118 valence electrons. The topological polar surface area (TPSA) is 82.3 Å². The average Bonchev–Trinajstić information content (AvgIpc) is 2.50. The van der Waals surface area contributed by atoms with E-state index >= 15 is 0 Å². The van der Waals surface area contributed by atoms with Crippen LogP contribution in [-0.4, -0.2) is 30.3 Å². The fourth-order valence-electron chi connectivity index (χ4n) is 1.91. The lowest BCUT2D eigenvalue weighted by Gasteiger charge is -2.13. The number of hydrogen-bond donors (Lipinski definition) is 2. The van der Waals surface area contributed by atoms with Crippen molar-refractivity contribution in [1.29, 1.82) is 0 Å². The van der Waals surface area contributed by atoms with Crippen LogP contribution in [-0.2, 0) is 11.3 Å². The van der Waals surface area contributed by atoms with E-state index in [9.17, 15) is 0 Å². The number of nitrogens with two attached hydrogens (primary N) is 1. The van der Waals surface area contributed by atoms with Gasteiger partial charge < -0.3 is 20.5 Å². The maximum Gasteiger partial charge on any atom is 0.242 e. The number of benzene rings is 1. The van der Waals surface area contributed by atoms with Crippen LogP contribution in [0.1, 0.15) is 17.0 Å². The van der Waals surface area contributed by atoms with Crippen molar-refractivity contribution in [3.63, 3.8) is 0 Å². The number of aryl methyl sites for hydroxylation is 2. The molecule has 1 aromatic carbocycles. The van der Waals surface area contributed by atoms with Gasteiger partial charge in [0.2, 0.25) is 5.88 Å². The number of hydrogen-bond acceptors (Lipinski definition) is 6. The van der Waals surface area contributed by atoms with Crippen molar-refractivity contribution in [3.8, 4) is 5.88 Å². The molecule has 0 bridgehead atoms. The first-order valence-corrected chi connectivity index (χ1v) is 7.15. The van der Waals surface area contributed by atoms with E-state index in [1.165, 1.54) is 5.56 Å². The maximum atomic E-state index is 6.07. The molecule has 1 aromatic heterocycles. The number of ether oxygens (including phenoxy) is 2. The summed E-state index contributed by atoms with van der Waals surface area (Å²) < 4.78 is 10.5. The summed E-state index contributed by atoms with van der Waals surface area (Å²) in [5, 5.41) is 3.23. The van der Waals surface area contributed by atoms with Gasteiger partial charge in [0, 0.05) is 13.7 Å². The smallest absolute Gasteiger partial charge is 0.242 e. The van der Waals surface area contributed by atoms with E-state index < -0.39 is 0 Å². The molecule has 0 amide bonds. The molecule has 6 heteroatoms. The summed E-state index contributed by atoms with van der Waals surface area (Å²) >= 11 is 0. The third-order valence-corrected chi connectivity index (χ3v) is 3.13. The first-order valence-electron chi connectivity index (χ1n) is 7.15. The van der Waals surface area contributed by atoms with Gasteiger partial charge in [-0.15, -0.1) is 0 Å². The molecule has 0 aliphatic rings. The Morgan fingerprint density at radius 1 is 1.09 bits per heavy atom. The van der Waals surface area contributed by atoms with Crippen LogP contribution in [0.2, 0.25) is 0 Å². The van der Waals surface area contributed by atoms with Gasteiger partial charge in [0.15, 0.2) is 5.82 Å². The quantitative estimate of drug-likeness (QED) is 0.764. The standard InChI is InChI=1S/C16H22N4O2/c1-11-4-6-13(7-5-11)10-18-15-14(17)16(20-12(2)19-15)22-9-8-21-3/h4-7H,8-10,17H2,1-3H3,(H,18,19,20). The van der Waals surface area contributed by atoms with Crippen molar-refractivity contribution in [3.05, 3.63) is 41.2 Å². The number of rotatable bonds is 7. The van der Waals surface area contributed by atoms with Crippen LogP contribution < -0.4 is 15.8 Å². The van der Waals surface area contributed by atoms with Crippen LogP contribution in [0.3, 0.4) is 0 Å². The molecule has 1 heterocycles. The van der Waals surface area contributed by atoms with E-state index in [0.717, 1.165) is 5.56 Å². The Labute approximate surface area is 130 Å². The summed E-state index contributed by atoms with van der Waals surface area (Å²) in [4.78, 5) is 8.55. The zero-order valence-corrected chi connectivity index (χ0v) is 13.2. The molecule has 0 atom stereocenters. The second-order valence-corrected chi connectivity index (χ2v) is 5.02. The Morgan fingerprint density at radius 2 is 1.82 bits per heavy atom. The van der Waals surface area contributed by atoms with Crippen LogP contribution >= 0.6 is 0 Å².